The lowest BCUT2D eigenvalue weighted by Crippen LogP contribution is -2.16. The van der Waals surface area contributed by atoms with Crippen LogP contribution in [0, 0.1) is 0 Å². The van der Waals surface area contributed by atoms with E-state index in [0.717, 1.165) is 10.9 Å². The highest BCUT2D eigenvalue weighted by molar-refractivity contribution is 6.05. The van der Waals surface area contributed by atoms with Crippen LogP contribution in [0.2, 0.25) is 0 Å². The Bertz CT molecular complexity index is 838. The summed E-state index contributed by atoms with van der Waals surface area (Å²) in [7, 11) is 3.16. The van der Waals surface area contributed by atoms with E-state index in [1.54, 1.807) is 37.2 Å². The molecule has 0 atom stereocenters. The fourth-order valence-corrected chi connectivity index (χ4v) is 2.59. The molecule has 126 valence electrons. The fourth-order valence-electron chi connectivity index (χ4n) is 2.59. The third kappa shape index (κ3) is 2.80. The highest BCUT2D eigenvalue weighted by Gasteiger charge is 2.15. The first kappa shape index (κ1) is 15.9. The van der Waals surface area contributed by atoms with Gasteiger partial charge in [-0.3, -0.25) is 4.79 Å². The maximum Gasteiger partial charge on any atom is 0.273 e. The normalized spacial score (nSPS) is 11.0. The number of nitrogens with one attached hydrogen (secondary N) is 2. The van der Waals surface area contributed by atoms with E-state index in [9.17, 15) is 4.79 Å². The predicted octanol–water partition coefficient (Wildman–Crippen LogP) is 3.21. The SMILES string of the molecule is COc1cc2cc(C(=O)Nc3ccnn3C(C)C)[nH]c2cc1OC. The molecule has 0 spiro atoms. The number of methoxy groups -OCH3 is 2. The molecule has 0 aliphatic carbocycles. The number of H-pyrrole nitrogens is 1. The molecule has 0 aliphatic rings. The Balaban J connectivity index is 1.91. The molecule has 0 bridgehead atoms. The highest BCUT2D eigenvalue weighted by atomic mass is 16.5. The van der Waals surface area contributed by atoms with Crippen LogP contribution in [0.4, 0.5) is 5.82 Å². The van der Waals surface area contributed by atoms with Gasteiger partial charge in [0.1, 0.15) is 11.5 Å². The van der Waals surface area contributed by atoms with Gasteiger partial charge >= 0.3 is 0 Å². The lowest BCUT2D eigenvalue weighted by atomic mass is 10.2. The molecule has 2 N–H and O–H groups in total. The van der Waals surface area contributed by atoms with Crippen LogP contribution in [0.25, 0.3) is 10.9 Å². The molecule has 0 saturated carbocycles. The monoisotopic (exact) mass is 328 g/mol. The van der Waals surface area contributed by atoms with Crippen LogP contribution < -0.4 is 14.8 Å². The van der Waals surface area contributed by atoms with Gasteiger partial charge in [0.2, 0.25) is 0 Å². The largest absolute Gasteiger partial charge is 0.493 e. The van der Waals surface area contributed by atoms with E-state index in [-0.39, 0.29) is 11.9 Å². The molecule has 0 unspecified atom stereocenters. The second kappa shape index (κ2) is 6.27. The minimum absolute atomic E-state index is 0.159. The predicted molar refractivity (Wildman–Crippen MR) is 92.0 cm³/mol. The molecule has 3 aromatic rings. The van der Waals surface area contributed by atoms with Crippen molar-refractivity contribution >= 4 is 22.6 Å². The average Bonchev–Trinajstić information content (AvgIpc) is 3.19. The summed E-state index contributed by atoms with van der Waals surface area (Å²) in [6, 6.07) is 7.35. The summed E-state index contributed by atoms with van der Waals surface area (Å²) in [5, 5.41) is 7.95. The third-order valence-corrected chi connectivity index (χ3v) is 3.77. The molecule has 0 aliphatic heterocycles. The van der Waals surface area contributed by atoms with Crippen LogP contribution in [-0.4, -0.2) is 34.9 Å². The number of amides is 1. The van der Waals surface area contributed by atoms with Crippen molar-refractivity contribution in [2.45, 2.75) is 19.9 Å². The second-order valence-electron chi connectivity index (χ2n) is 5.69. The summed E-state index contributed by atoms with van der Waals surface area (Å²) in [4.78, 5) is 15.6. The molecule has 3 rings (SSSR count). The first-order valence-electron chi connectivity index (χ1n) is 7.63. The van der Waals surface area contributed by atoms with E-state index in [4.69, 9.17) is 9.47 Å². The summed E-state index contributed by atoms with van der Waals surface area (Å²) in [5.74, 6) is 1.65. The zero-order valence-electron chi connectivity index (χ0n) is 14.1. The van der Waals surface area contributed by atoms with E-state index in [2.05, 4.69) is 15.4 Å². The number of aromatic amines is 1. The van der Waals surface area contributed by atoms with Crippen molar-refractivity contribution in [3.8, 4) is 11.5 Å². The second-order valence-corrected chi connectivity index (χ2v) is 5.69. The quantitative estimate of drug-likeness (QED) is 0.753. The highest BCUT2D eigenvalue weighted by Crippen LogP contribution is 2.32. The van der Waals surface area contributed by atoms with E-state index in [1.807, 2.05) is 26.0 Å². The van der Waals surface area contributed by atoms with E-state index >= 15 is 0 Å². The number of anilines is 1. The maximum atomic E-state index is 12.5. The van der Waals surface area contributed by atoms with Crippen molar-refractivity contribution in [1.82, 2.24) is 14.8 Å². The van der Waals surface area contributed by atoms with Crippen molar-refractivity contribution < 1.29 is 14.3 Å². The molecule has 2 heterocycles. The number of benzene rings is 1. The van der Waals surface area contributed by atoms with Crippen LogP contribution in [0.15, 0.2) is 30.5 Å². The Morgan fingerprint density at radius 3 is 2.58 bits per heavy atom. The van der Waals surface area contributed by atoms with E-state index in [0.29, 0.717) is 23.0 Å². The number of rotatable bonds is 5. The summed E-state index contributed by atoms with van der Waals surface area (Å²) < 4.78 is 12.3. The molecule has 24 heavy (non-hydrogen) atoms. The molecule has 7 nitrogen and oxygen atoms in total. The van der Waals surface area contributed by atoms with Crippen LogP contribution in [0.5, 0.6) is 11.5 Å². The number of nitrogens with zero attached hydrogens (tertiary/aromatic N) is 2. The lowest BCUT2D eigenvalue weighted by molar-refractivity contribution is 0.102. The Kier molecular flexibility index (Phi) is 4.16. The number of ether oxygens (including phenoxy) is 2. The Hall–Kier alpha value is -2.96. The van der Waals surface area contributed by atoms with E-state index < -0.39 is 0 Å². The zero-order chi connectivity index (χ0) is 17.3. The van der Waals surface area contributed by atoms with Crippen LogP contribution in [-0.2, 0) is 0 Å². The zero-order valence-corrected chi connectivity index (χ0v) is 14.1. The van der Waals surface area contributed by atoms with Crippen LogP contribution in [0.1, 0.15) is 30.4 Å². The van der Waals surface area contributed by atoms with Gasteiger partial charge in [0, 0.05) is 29.1 Å². The van der Waals surface area contributed by atoms with Gasteiger partial charge in [-0.05, 0) is 26.0 Å². The number of hydrogen-bond donors (Lipinski definition) is 2. The van der Waals surface area contributed by atoms with Gasteiger partial charge in [-0.25, -0.2) is 4.68 Å². The van der Waals surface area contributed by atoms with Gasteiger partial charge in [-0.1, -0.05) is 0 Å². The fraction of sp³-hybridized carbons (Fsp3) is 0.294. The van der Waals surface area contributed by atoms with Gasteiger partial charge in [0.15, 0.2) is 11.5 Å². The van der Waals surface area contributed by atoms with Crippen molar-refractivity contribution in [3.63, 3.8) is 0 Å². The van der Waals surface area contributed by atoms with Gasteiger partial charge in [-0.15, -0.1) is 0 Å². The maximum absolute atomic E-state index is 12.5. The summed E-state index contributed by atoms with van der Waals surface area (Å²) >= 11 is 0. The standard InChI is InChI=1S/C17H20N4O3/c1-10(2)21-16(5-6-18-21)20-17(22)13-7-11-8-14(23-3)15(24-4)9-12(11)19-13/h5-10,19H,1-4H3,(H,20,22). The smallest absolute Gasteiger partial charge is 0.273 e. The number of aromatic nitrogens is 3. The molecule has 0 fully saturated rings. The number of fused-ring (bicyclic) bond motifs is 1. The molecule has 7 heteroatoms. The summed E-state index contributed by atoms with van der Waals surface area (Å²) in [5.41, 5.74) is 1.26. The van der Waals surface area contributed by atoms with Gasteiger partial charge in [-0.2, -0.15) is 5.10 Å². The van der Waals surface area contributed by atoms with Crippen LogP contribution >= 0.6 is 0 Å². The molecule has 1 amide bonds. The minimum atomic E-state index is -0.230. The van der Waals surface area contributed by atoms with Crippen LogP contribution in [0.3, 0.4) is 0 Å². The summed E-state index contributed by atoms with van der Waals surface area (Å²) in [6.45, 7) is 4.01. The Morgan fingerprint density at radius 1 is 1.21 bits per heavy atom. The van der Waals surface area contributed by atoms with Gasteiger partial charge in [0.05, 0.1) is 20.4 Å². The van der Waals surface area contributed by atoms with Gasteiger partial charge < -0.3 is 19.8 Å². The molecule has 1 aromatic carbocycles. The topological polar surface area (TPSA) is 81.2 Å². The minimum Gasteiger partial charge on any atom is -0.493 e. The Labute approximate surface area is 139 Å². The van der Waals surface area contributed by atoms with E-state index in [1.165, 1.54) is 0 Å². The molecule has 0 radical (unpaired) electrons. The summed E-state index contributed by atoms with van der Waals surface area (Å²) in [6.07, 6.45) is 1.66. The van der Waals surface area contributed by atoms with Crippen molar-refractivity contribution in [3.05, 3.63) is 36.2 Å². The molecular weight excluding hydrogens is 308 g/mol. The number of carbonyl (C=O) groups is 1. The first-order valence-corrected chi connectivity index (χ1v) is 7.63. The van der Waals surface area contributed by atoms with Crippen molar-refractivity contribution in [1.29, 1.82) is 0 Å². The molecule has 2 aromatic heterocycles. The number of carbonyl (C=O) groups excluding carboxylic acids is 1. The third-order valence-electron chi connectivity index (χ3n) is 3.77. The van der Waals surface area contributed by atoms with Crippen molar-refractivity contribution in [2.24, 2.45) is 0 Å². The van der Waals surface area contributed by atoms with Gasteiger partial charge in [0.25, 0.3) is 5.91 Å². The number of hydrogen-bond acceptors (Lipinski definition) is 4. The lowest BCUT2D eigenvalue weighted by Gasteiger charge is -2.11. The average molecular weight is 328 g/mol. The first-order chi connectivity index (χ1) is 11.5. The van der Waals surface area contributed by atoms with Crippen molar-refractivity contribution in [2.75, 3.05) is 19.5 Å². The Morgan fingerprint density at radius 2 is 1.92 bits per heavy atom. The molecule has 0 saturated heterocycles. The molecular formula is C17H20N4O3.